The second-order valence-corrected chi connectivity index (χ2v) is 3.62. The van der Waals surface area contributed by atoms with E-state index in [1.54, 1.807) is 13.8 Å². The Morgan fingerprint density at radius 1 is 1.69 bits per heavy atom. The van der Waals surface area contributed by atoms with E-state index in [9.17, 15) is 9.36 Å². The molecule has 0 aromatic heterocycles. The third kappa shape index (κ3) is 5.46. The molecule has 0 rings (SSSR count). The van der Waals surface area contributed by atoms with E-state index in [1.807, 2.05) is 0 Å². The molecule has 0 spiro atoms. The second kappa shape index (κ2) is 6.71. The minimum absolute atomic E-state index is 0.233. The Kier molecular flexibility index (Phi) is 6.30. The Morgan fingerprint density at radius 2 is 2.31 bits per heavy atom. The first-order valence-electron chi connectivity index (χ1n) is 3.93. The molecule has 0 radical (unpaired) electrons. The smallest absolute Gasteiger partial charge is 0.388 e. The van der Waals surface area contributed by atoms with Crippen LogP contribution in [-0.2, 0) is 13.8 Å². The molecule has 0 aromatic rings. The highest BCUT2D eigenvalue weighted by Gasteiger charge is 2.15. The van der Waals surface area contributed by atoms with Crippen LogP contribution in [-0.4, -0.2) is 18.4 Å². The van der Waals surface area contributed by atoms with Crippen molar-refractivity contribution in [2.75, 3.05) is 6.61 Å². The topological polar surface area (TPSA) is 52.6 Å². The maximum Gasteiger partial charge on any atom is 0.388 e. The Bertz CT molecular complexity index is 231. The third-order valence-electron chi connectivity index (χ3n) is 1.16. The lowest BCUT2D eigenvalue weighted by Crippen LogP contribution is -2.10. The summed E-state index contributed by atoms with van der Waals surface area (Å²) in [6, 6.07) is 0. The summed E-state index contributed by atoms with van der Waals surface area (Å²) in [6.45, 7) is 3.52. The van der Waals surface area contributed by atoms with Gasteiger partial charge in [-0.05, 0) is 13.8 Å². The van der Waals surface area contributed by atoms with Gasteiger partial charge >= 0.3 is 5.71 Å². The maximum atomic E-state index is 10.9. The van der Waals surface area contributed by atoms with Crippen molar-refractivity contribution >= 4 is 13.7 Å². The van der Waals surface area contributed by atoms with E-state index in [4.69, 9.17) is 11.2 Å². The lowest BCUT2D eigenvalue weighted by Gasteiger charge is -2.09. The van der Waals surface area contributed by atoms with E-state index in [-0.39, 0.29) is 6.61 Å². The molecule has 0 aliphatic carbocycles. The van der Waals surface area contributed by atoms with Gasteiger partial charge in [-0.2, -0.15) is 0 Å². The molecule has 0 amide bonds. The van der Waals surface area contributed by atoms with Crippen molar-refractivity contribution in [2.24, 2.45) is 0 Å². The lowest BCUT2D eigenvalue weighted by molar-refractivity contribution is 0.130. The van der Waals surface area contributed by atoms with E-state index in [0.29, 0.717) is 6.42 Å². The third-order valence-corrected chi connectivity index (χ3v) is 2.16. The quantitative estimate of drug-likeness (QED) is 0.508. The van der Waals surface area contributed by atoms with Crippen molar-refractivity contribution in [1.29, 1.82) is 0 Å². The molecule has 0 aliphatic rings. The maximum absolute atomic E-state index is 10.9. The summed E-state index contributed by atoms with van der Waals surface area (Å²) in [5.74, 6) is 2.33. The molecular weight excluding hydrogens is 191 g/mol. The molecule has 0 N–H and O–H groups in total. The Morgan fingerprint density at radius 3 is 2.77 bits per heavy atom. The summed E-state index contributed by atoms with van der Waals surface area (Å²) < 4.78 is 20.3. The molecular formula is C8H13O4P. The highest BCUT2D eigenvalue weighted by Crippen LogP contribution is 2.25. The zero-order chi connectivity index (χ0) is 10.3. The van der Waals surface area contributed by atoms with Crippen LogP contribution in [0.25, 0.3) is 0 Å². The number of ether oxygens (including phenoxy) is 1. The molecule has 0 aliphatic heterocycles. The molecule has 74 valence electrons. The van der Waals surface area contributed by atoms with Gasteiger partial charge in [0.05, 0.1) is 6.61 Å². The van der Waals surface area contributed by atoms with Crippen LogP contribution < -0.4 is 0 Å². The summed E-state index contributed by atoms with van der Waals surface area (Å²) in [5, 5.41) is 0. The Balaban J connectivity index is 3.87. The average molecular weight is 204 g/mol. The SMILES string of the molecule is C#CCC(C)OC(=O)[PH](=O)OCC. The molecule has 0 bridgehead atoms. The van der Waals surface area contributed by atoms with Gasteiger partial charge in [-0.3, -0.25) is 4.57 Å². The van der Waals surface area contributed by atoms with E-state index < -0.39 is 19.8 Å². The van der Waals surface area contributed by atoms with E-state index in [0.717, 1.165) is 0 Å². The van der Waals surface area contributed by atoms with Gasteiger partial charge in [0.2, 0.25) is 0 Å². The Hall–Kier alpha value is -0.780. The molecule has 0 heterocycles. The van der Waals surface area contributed by atoms with Crippen molar-refractivity contribution in [3.05, 3.63) is 0 Å². The fourth-order valence-corrected chi connectivity index (χ4v) is 1.31. The number of carbonyl (C=O) groups excluding carboxylic acids is 1. The minimum atomic E-state index is -2.71. The van der Waals surface area contributed by atoms with Crippen LogP contribution in [0.5, 0.6) is 0 Å². The monoisotopic (exact) mass is 204 g/mol. The van der Waals surface area contributed by atoms with Crippen LogP contribution >= 0.6 is 8.03 Å². The largest absolute Gasteiger partial charge is 0.455 e. The van der Waals surface area contributed by atoms with Gasteiger partial charge in [-0.15, -0.1) is 12.3 Å². The van der Waals surface area contributed by atoms with Crippen LogP contribution in [0.4, 0.5) is 4.79 Å². The van der Waals surface area contributed by atoms with E-state index >= 15 is 0 Å². The number of carbonyl (C=O) groups is 1. The number of hydrogen-bond donors (Lipinski definition) is 0. The van der Waals surface area contributed by atoms with Gasteiger partial charge in [0.1, 0.15) is 6.10 Å². The summed E-state index contributed by atoms with van der Waals surface area (Å²) in [7, 11) is -2.71. The molecule has 4 nitrogen and oxygen atoms in total. The molecule has 5 heteroatoms. The first-order valence-corrected chi connectivity index (χ1v) is 5.24. The van der Waals surface area contributed by atoms with Crippen LogP contribution in [0.15, 0.2) is 0 Å². The van der Waals surface area contributed by atoms with Crippen LogP contribution in [0.3, 0.4) is 0 Å². The van der Waals surface area contributed by atoms with Crippen molar-refractivity contribution < 1.29 is 18.6 Å². The van der Waals surface area contributed by atoms with Gasteiger partial charge < -0.3 is 9.26 Å². The summed E-state index contributed by atoms with van der Waals surface area (Å²) >= 11 is 0. The molecule has 0 saturated carbocycles. The zero-order valence-corrected chi connectivity index (χ0v) is 8.70. The van der Waals surface area contributed by atoms with Gasteiger partial charge in [-0.1, -0.05) is 0 Å². The average Bonchev–Trinajstić information content (AvgIpc) is 2.05. The van der Waals surface area contributed by atoms with E-state index in [1.165, 1.54) is 0 Å². The molecule has 0 aromatic carbocycles. The fourth-order valence-electron chi connectivity index (χ4n) is 0.628. The van der Waals surface area contributed by atoms with Crippen molar-refractivity contribution in [3.63, 3.8) is 0 Å². The van der Waals surface area contributed by atoms with Gasteiger partial charge in [0.15, 0.2) is 0 Å². The molecule has 2 unspecified atom stereocenters. The zero-order valence-electron chi connectivity index (χ0n) is 7.70. The second-order valence-electron chi connectivity index (χ2n) is 2.34. The first kappa shape index (κ1) is 12.2. The standard InChI is InChI=1S/C8H13O4P/c1-4-6-7(3)12-8(9)13(10)11-5-2/h1,7,13H,5-6H2,2-3H3. The van der Waals surface area contributed by atoms with Gasteiger partial charge in [-0.25, -0.2) is 4.79 Å². The predicted molar refractivity (Wildman–Crippen MR) is 50.0 cm³/mol. The van der Waals surface area contributed by atoms with Crippen LogP contribution in [0.2, 0.25) is 0 Å². The number of rotatable bonds is 5. The molecule has 0 saturated heterocycles. The van der Waals surface area contributed by atoms with Crippen molar-refractivity contribution in [3.8, 4) is 12.3 Å². The van der Waals surface area contributed by atoms with Crippen molar-refractivity contribution in [2.45, 2.75) is 26.4 Å². The molecule has 0 fully saturated rings. The fraction of sp³-hybridized carbons (Fsp3) is 0.625. The lowest BCUT2D eigenvalue weighted by atomic mass is 10.3. The highest BCUT2D eigenvalue weighted by molar-refractivity contribution is 7.58. The van der Waals surface area contributed by atoms with Crippen molar-refractivity contribution in [1.82, 2.24) is 0 Å². The summed E-state index contributed by atoms with van der Waals surface area (Å²) in [4.78, 5) is 10.9. The summed E-state index contributed by atoms with van der Waals surface area (Å²) in [5.41, 5.74) is -0.811. The van der Waals surface area contributed by atoms with E-state index in [2.05, 4.69) is 10.4 Å². The predicted octanol–water partition coefficient (Wildman–Crippen LogP) is 2.05. The van der Waals surface area contributed by atoms with Gasteiger partial charge in [0, 0.05) is 6.42 Å². The van der Waals surface area contributed by atoms with Crippen LogP contribution in [0, 0.1) is 12.3 Å². The normalized spacial score (nSPS) is 14.2. The Labute approximate surface area is 78.5 Å². The number of terminal acetylenes is 1. The number of hydrogen-bond acceptors (Lipinski definition) is 4. The first-order chi connectivity index (χ1) is 6.11. The van der Waals surface area contributed by atoms with Gasteiger partial charge in [0.25, 0.3) is 8.03 Å². The molecule has 2 atom stereocenters. The highest BCUT2D eigenvalue weighted by atomic mass is 31.1. The molecule has 13 heavy (non-hydrogen) atoms. The summed E-state index contributed by atoms with van der Waals surface area (Å²) in [6.07, 6.45) is 4.90. The van der Waals surface area contributed by atoms with Crippen LogP contribution in [0.1, 0.15) is 20.3 Å². The minimum Gasteiger partial charge on any atom is -0.455 e.